The van der Waals surface area contributed by atoms with Gasteiger partial charge in [-0.15, -0.1) is 11.3 Å². The Morgan fingerprint density at radius 3 is 2.23 bits per heavy atom. The second-order valence-electron chi connectivity index (χ2n) is 10.5. The van der Waals surface area contributed by atoms with Crippen LogP contribution in [0.15, 0.2) is 78.2 Å². The molecule has 202 valence electrons. The first-order chi connectivity index (χ1) is 19.1. The first-order valence-electron chi connectivity index (χ1n) is 13.9. The molecule has 1 N–H and O–H groups in total. The zero-order valence-electron chi connectivity index (χ0n) is 22.6. The maximum Gasteiger partial charge on any atom is 0.185 e. The summed E-state index contributed by atoms with van der Waals surface area (Å²) in [5.41, 5.74) is 7.68. The number of carbonyl (C=O) groups is 1. The first kappa shape index (κ1) is 27.1. The number of aromatic nitrogens is 1. The van der Waals surface area contributed by atoms with Crippen molar-refractivity contribution in [2.24, 2.45) is 0 Å². The third-order valence-electron chi connectivity index (χ3n) is 7.68. The van der Waals surface area contributed by atoms with Crippen molar-refractivity contribution in [1.29, 1.82) is 0 Å². The van der Waals surface area contributed by atoms with Crippen LogP contribution in [-0.2, 0) is 13.1 Å². The molecule has 5 rings (SSSR count). The highest BCUT2D eigenvalue weighted by atomic mass is 32.1. The van der Waals surface area contributed by atoms with E-state index in [0.29, 0.717) is 12.1 Å². The molecule has 6 heteroatoms. The lowest BCUT2D eigenvalue weighted by atomic mass is 9.84. The van der Waals surface area contributed by atoms with Crippen molar-refractivity contribution in [3.63, 3.8) is 0 Å². The Morgan fingerprint density at radius 1 is 0.897 bits per heavy atom. The topological polar surface area (TPSA) is 56.7 Å². The molecule has 0 spiro atoms. The number of hydrogen-bond acceptors (Lipinski definition) is 6. The zero-order valence-corrected chi connectivity index (χ0v) is 23.4. The number of benzene rings is 3. The van der Waals surface area contributed by atoms with Crippen LogP contribution in [0, 0.1) is 0 Å². The fourth-order valence-corrected chi connectivity index (χ4v) is 6.23. The van der Waals surface area contributed by atoms with E-state index in [4.69, 9.17) is 4.98 Å². The number of aliphatic hydroxyl groups excluding tert-OH is 1. The van der Waals surface area contributed by atoms with Crippen LogP contribution >= 0.6 is 11.3 Å². The SMILES string of the molecule is CN(Cc1ccc(C=O)cc1)c1nc(-c2ccc(N(CCO)Cc3ccc(C4CCCCC4)cc3)cc2)cs1. The summed E-state index contributed by atoms with van der Waals surface area (Å²) in [6, 6.07) is 25.3. The Balaban J connectivity index is 1.23. The van der Waals surface area contributed by atoms with Gasteiger partial charge in [0.05, 0.1) is 12.3 Å². The monoisotopic (exact) mass is 539 g/mol. The summed E-state index contributed by atoms with van der Waals surface area (Å²) >= 11 is 1.63. The summed E-state index contributed by atoms with van der Waals surface area (Å²) in [4.78, 5) is 20.1. The molecule has 0 radical (unpaired) electrons. The van der Waals surface area contributed by atoms with Crippen LogP contribution in [0.5, 0.6) is 0 Å². The predicted molar refractivity (Wildman–Crippen MR) is 162 cm³/mol. The molecule has 0 bridgehead atoms. The van der Waals surface area contributed by atoms with Crippen LogP contribution in [0.1, 0.15) is 65.1 Å². The van der Waals surface area contributed by atoms with Crippen LogP contribution in [0.25, 0.3) is 11.3 Å². The van der Waals surface area contributed by atoms with E-state index in [1.165, 1.54) is 43.2 Å². The third-order valence-corrected chi connectivity index (χ3v) is 8.64. The van der Waals surface area contributed by atoms with Crippen LogP contribution in [-0.4, -0.2) is 36.6 Å². The van der Waals surface area contributed by atoms with Crippen molar-refractivity contribution in [1.82, 2.24) is 4.98 Å². The first-order valence-corrected chi connectivity index (χ1v) is 14.8. The van der Waals surface area contributed by atoms with E-state index in [1.807, 2.05) is 31.3 Å². The molecule has 1 aliphatic rings. The Kier molecular flexibility index (Phi) is 9.07. The third kappa shape index (κ3) is 6.94. The summed E-state index contributed by atoms with van der Waals surface area (Å²) in [6.07, 6.45) is 7.57. The molecule has 3 aromatic carbocycles. The highest BCUT2D eigenvalue weighted by Gasteiger charge is 2.16. The number of aldehydes is 1. The normalized spacial score (nSPS) is 13.8. The molecule has 1 aromatic heterocycles. The molecule has 5 nitrogen and oxygen atoms in total. The average molecular weight is 540 g/mol. The minimum atomic E-state index is 0.113. The van der Waals surface area contributed by atoms with E-state index in [2.05, 4.69) is 63.7 Å². The van der Waals surface area contributed by atoms with Crippen LogP contribution in [0.4, 0.5) is 10.8 Å². The summed E-state index contributed by atoms with van der Waals surface area (Å²) < 4.78 is 0. The highest BCUT2D eigenvalue weighted by Crippen LogP contribution is 2.33. The molecule has 1 heterocycles. The number of thiazole rings is 1. The lowest BCUT2D eigenvalue weighted by Crippen LogP contribution is -2.26. The Hall–Kier alpha value is -3.48. The van der Waals surface area contributed by atoms with Gasteiger partial charge in [0, 0.05) is 48.9 Å². The van der Waals surface area contributed by atoms with Gasteiger partial charge in [0.1, 0.15) is 6.29 Å². The predicted octanol–water partition coefficient (Wildman–Crippen LogP) is 7.31. The van der Waals surface area contributed by atoms with E-state index in [-0.39, 0.29) is 6.61 Å². The fourth-order valence-electron chi connectivity index (χ4n) is 5.43. The molecule has 1 fully saturated rings. The quantitative estimate of drug-likeness (QED) is 0.203. The van der Waals surface area contributed by atoms with Gasteiger partial charge in [-0.25, -0.2) is 4.98 Å². The molecule has 0 atom stereocenters. The molecule has 1 aliphatic carbocycles. The number of aliphatic hydroxyl groups is 1. The standard InChI is InChI=1S/C33H37N3O2S/c1-35(21-25-7-9-27(23-38)10-8-25)33-34-32(24-39-33)30-15-17-31(18-16-30)36(19-20-37)22-26-11-13-29(14-12-26)28-5-3-2-4-6-28/h7-18,23-24,28,37H,2-6,19-22H2,1H3. The van der Waals surface area contributed by atoms with Gasteiger partial charge in [-0.1, -0.05) is 79.9 Å². The summed E-state index contributed by atoms with van der Waals surface area (Å²) in [7, 11) is 2.04. The zero-order chi connectivity index (χ0) is 27.0. The largest absolute Gasteiger partial charge is 0.395 e. The Labute approximate surface area is 235 Å². The average Bonchev–Trinajstić information content (AvgIpc) is 3.49. The molecule has 39 heavy (non-hydrogen) atoms. The van der Waals surface area contributed by atoms with E-state index < -0.39 is 0 Å². The number of hydrogen-bond donors (Lipinski definition) is 1. The molecule has 0 saturated heterocycles. The fraction of sp³-hybridized carbons (Fsp3) is 0.333. The lowest BCUT2D eigenvalue weighted by Gasteiger charge is -2.25. The van der Waals surface area contributed by atoms with Gasteiger partial charge >= 0.3 is 0 Å². The molecule has 4 aromatic rings. The second kappa shape index (κ2) is 13.0. The molecule has 0 unspecified atom stereocenters. The summed E-state index contributed by atoms with van der Waals surface area (Å²) in [5.74, 6) is 0.717. The maximum absolute atomic E-state index is 10.9. The minimum Gasteiger partial charge on any atom is -0.395 e. The molecular weight excluding hydrogens is 502 g/mol. The van der Waals surface area contributed by atoms with Crippen molar-refractivity contribution < 1.29 is 9.90 Å². The van der Waals surface area contributed by atoms with Crippen LogP contribution < -0.4 is 9.80 Å². The van der Waals surface area contributed by atoms with E-state index >= 15 is 0 Å². The van der Waals surface area contributed by atoms with E-state index in [0.717, 1.165) is 52.9 Å². The minimum absolute atomic E-state index is 0.113. The number of rotatable bonds is 11. The van der Waals surface area contributed by atoms with Crippen LogP contribution in [0.2, 0.25) is 0 Å². The van der Waals surface area contributed by atoms with Crippen molar-refractivity contribution in [2.75, 3.05) is 30.0 Å². The van der Waals surface area contributed by atoms with Gasteiger partial charge in [-0.3, -0.25) is 4.79 Å². The molecule has 0 aliphatic heterocycles. The second-order valence-corrected chi connectivity index (χ2v) is 11.3. The van der Waals surface area contributed by atoms with Gasteiger partial charge < -0.3 is 14.9 Å². The van der Waals surface area contributed by atoms with Crippen molar-refractivity contribution >= 4 is 28.4 Å². The Bertz CT molecular complexity index is 1330. The molecule has 0 amide bonds. The summed E-state index contributed by atoms with van der Waals surface area (Å²) in [6.45, 7) is 2.19. The maximum atomic E-state index is 10.9. The van der Waals surface area contributed by atoms with Gasteiger partial charge in [-0.05, 0) is 47.6 Å². The van der Waals surface area contributed by atoms with Crippen molar-refractivity contribution in [2.45, 2.75) is 51.1 Å². The molecular formula is C33H37N3O2S. The Morgan fingerprint density at radius 2 is 1.56 bits per heavy atom. The van der Waals surface area contributed by atoms with E-state index in [1.54, 1.807) is 11.3 Å². The van der Waals surface area contributed by atoms with Gasteiger partial charge in [0.2, 0.25) is 0 Å². The smallest absolute Gasteiger partial charge is 0.185 e. The number of anilines is 2. The van der Waals surface area contributed by atoms with Crippen molar-refractivity contribution in [3.05, 3.63) is 100 Å². The van der Waals surface area contributed by atoms with Crippen molar-refractivity contribution in [3.8, 4) is 11.3 Å². The number of carbonyl (C=O) groups excluding carboxylic acids is 1. The number of nitrogens with zero attached hydrogens (tertiary/aromatic N) is 3. The van der Waals surface area contributed by atoms with Gasteiger partial charge in [0.25, 0.3) is 0 Å². The van der Waals surface area contributed by atoms with Crippen LogP contribution in [0.3, 0.4) is 0 Å². The highest BCUT2D eigenvalue weighted by molar-refractivity contribution is 7.14. The lowest BCUT2D eigenvalue weighted by molar-refractivity contribution is 0.112. The van der Waals surface area contributed by atoms with Gasteiger partial charge in [0.15, 0.2) is 5.13 Å². The van der Waals surface area contributed by atoms with E-state index in [9.17, 15) is 9.90 Å². The summed E-state index contributed by atoms with van der Waals surface area (Å²) in [5, 5.41) is 12.8. The molecule has 1 saturated carbocycles. The van der Waals surface area contributed by atoms with Gasteiger partial charge in [-0.2, -0.15) is 0 Å².